The molecule has 0 unspecified atom stereocenters. The van der Waals surface area contributed by atoms with E-state index in [4.69, 9.17) is 0 Å². The van der Waals surface area contributed by atoms with E-state index in [-0.39, 0.29) is 18.0 Å². The van der Waals surface area contributed by atoms with Gasteiger partial charge in [-0.25, -0.2) is 4.39 Å². The van der Waals surface area contributed by atoms with Gasteiger partial charge in [0.05, 0.1) is 24.4 Å². The summed E-state index contributed by atoms with van der Waals surface area (Å²) in [5.41, 5.74) is 1.50. The van der Waals surface area contributed by atoms with Crippen molar-refractivity contribution in [3.05, 3.63) is 71.7 Å². The fraction of sp³-hybridized carbons (Fsp3) is 0.367. The van der Waals surface area contributed by atoms with Gasteiger partial charge in [0.15, 0.2) is 5.78 Å². The van der Waals surface area contributed by atoms with Crippen molar-refractivity contribution in [2.45, 2.75) is 51.1 Å². The number of carbonyl (C=O) groups excluding carboxylic acids is 5. The maximum atomic E-state index is 13.6. The van der Waals surface area contributed by atoms with Gasteiger partial charge in [-0.3, -0.25) is 29.3 Å². The number of fused-ring (bicyclic) bond motifs is 1. The topological polar surface area (TPSA) is 137 Å². The molecule has 2 fully saturated rings. The molecular formula is C30H31FN4O5. The smallest absolute Gasteiger partial charge is 0.268 e. The average Bonchev–Trinajstić information content (AvgIpc) is 3.67. The minimum absolute atomic E-state index is 0.135. The number of benzene rings is 2. The van der Waals surface area contributed by atoms with Gasteiger partial charge in [-0.2, -0.15) is 0 Å². The molecule has 1 saturated heterocycles. The van der Waals surface area contributed by atoms with Gasteiger partial charge in [0.25, 0.3) is 5.91 Å². The quantitative estimate of drug-likeness (QED) is 0.241. The lowest BCUT2D eigenvalue weighted by molar-refractivity contribution is -0.137. The highest BCUT2D eigenvalue weighted by Crippen LogP contribution is 2.32. The van der Waals surface area contributed by atoms with Crippen LogP contribution in [0, 0.1) is 23.6 Å². The van der Waals surface area contributed by atoms with E-state index in [2.05, 4.69) is 20.9 Å². The van der Waals surface area contributed by atoms with Crippen LogP contribution < -0.4 is 16.0 Å². The van der Waals surface area contributed by atoms with E-state index in [1.807, 2.05) is 6.07 Å². The van der Waals surface area contributed by atoms with Crippen LogP contribution in [0.5, 0.6) is 0 Å². The van der Waals surface area contributed by atoms with E-state index in [9.17, 15) is 28.4 Å². The summed E-state index contributed by atoms with van der Waals surface area (Å²) < 4.78 is 13.6. The van der Waals surface area contributed by atoms with E-state index in [0.717, 1.165) is 25.7 Å². The normalized spacial score (nSPS) is 20.8. The van der Waals surface area contributed by atoms with Gasteiger partial charge in [0.1, 0.15) is 17.4 Å². The van der Waals surface area contributed by atoms with Crippen LogP contribution in [0.25, 0.3) is 10.9 Å². The Balaban J connectivity index is 1.35. The molecule has 1 saturated carbocycles. The second-order valence-electron chi connectivity index (χ2n) is 10.7. The van der Waals surface area contributed by atoms with Crippen LogP contribution in [0.4, 0.5) is 4.39 Å². The number of H-pyrrole nitrogens is 1. The number of imide groups is 1. The van der Waals surface area contributed by atoms with Crippen molar-refractivity contribution in [1.29, 1.82) is 0 Å². The molecule has 1 aliphatic heterocycles. The van der Waals surface area contributed by atoms with Crippen molar-refractivity contribution in [3.63, 3.8) is 0 Å². The number of amides is 4. The number of carbonyl (C=O) groups is 5. The molecule has 1 aliphatic carbocycles. The number of Topliss-reactive ketones (excluding diaryl/α,β-unsaturated/α-hetero) is 1. The van der Waals surface area contributed by atoms with E-state index >= 15 is 0 Å². The third-order valence-corrected chi connectivity index (χ3v) is 7.97. The molecule has 0 spiro atoms. The zero-order valence-corrected chi connectivity index (χ0v) is 22.0. The zero-order valence-electron chi connectivity index (χ0n) is 22.0. The number of halogens is 1. The van der Waals surface area contributed by atoms with Gasteiger partial charge in [-0.15, -0.1) is 0 Å². The van der Waals surface area contributed by atoms with Gasteiger partial charge < -0.3 is 15.6 Å². The molecule has 2 aliphatic rings. The Morgan fingerprint density at radius 1 is 0.975 bits per heavy atom. The molecule has 4 N–H and O–H groups in total. The van der Waals surface area contributed by atoms with Crippen LogP contribution in [0.3, 0.4) is 0 Å². The van der Waals surface area contributed by atoms with Gasteiger partial charge >= 0.3 is 0 Å². The Kier molecular flexibility index (Phi) is 7.77. The summed E-state index contributed by atoms with van der Waals surface area (Å²) in [6.07, 6.45) is 3.12. The number of ketones is 1. The van der Waals surface area contributed by atoms with Gasteiger partial charge in [-0.1, -0.05) is 50.1 Å². The lowest BCUT2D eigenvalue weighted by Crippen LogP contribution is -2.50. The van der Waals surface area contributed by atoms with Crippen molar-refractivity contribution < 1.29 is 28.4 Å². The maximum Gasteiger partial charge on any atom is 0.268 e. The van der Waals surface area contributed by atoms with Gasteiger partial charge in [0.2, 0.25) is 17.7 Å². The van der Waals surface area contributed by atoms with Crippen LogP contribution >= 0.6 is 0 Å². The first-order chi connectivity index (χ1) is 19.2. The number of rotatable bonds is 9. The summed E-state index contributed by atoms with van der Waals surface area (Å²) in [5, 5.41) is 8.50. The molecule has 5 rings (SSSR count). The minimum atomic E-state index is -1.14. The van der Waals surface area contributed by atoms with Crippen molar-refractivity contribution in [1.82, 2.24) is 20.9 Å². The first-order valence-electron chi connectivity index (χ1n) is 13.5. The summed E-state index contributed by atoms with van der Waals surface area (Å²) in [6, 6.07) is 13.0. The lowest BCUT2D eigenvalue weighted by Gasteiger charge is -2.27. The van der Waals surface area contributed by atoms with E-state index in [1.165, 1.54) is 19.1 Å². The number of aromatic amines is 1. The van der Waals surface area contributed by atoms with E-state index in [1.54, 1.807) is 36.4 Å². The number of hydrogen-bond acceptors (Lipinski definition) is 5. The summed E-state index contributed by atoms with van der Waals surface area (Å²) in [6.45, 7) is 1.54. The van der Waals surface area contributed by atoms with Crippen LogP contribution in [0.15, 0.2) is 54.6 Å². The number of hydrogen-bond donors (Lipinski definition) is 4. The van der Waals surface area contributed by atoms with Crippen LogP contribution in [-0.2, 0) is 19.2 Å². The summed E-state index contributed by atoms with van der Waals surface area (Å²) in [7, 11) is 0. The fourth-order valence-corrected chi connectivity index (χ4v) is 5.79. The Morgan fingerprint density at radius 3 is 2.38 bits per heavy atom. The molecule has 40 heavy (non-hydrogen) atoms. The standard InChI is InChI=1S/C30H31FN4O5/c1-16-25(30(40)35-28(16)38)27(37)26(18-9-5-6-10-18)34-24(36)15-22(17-7-3-2-4-8-17)33-29(39)23-14-19-13-20(31)11-12-21(19)32-23/h2-4,7-8,11-14,16,18,22,25-26,32H,5-6,9-10,15H2,1H3,(H,33,39)(H,34,36)(H,35,38,40)/t16-,22-,25+,26-/m0/s1. The highest BCUT2D eigenvalue weighted by atomic mass is 19.1. The third-order valence-electron chi connectivity index (χ3n) is 7.97. The van der Waals surface area contributed by atoms with Crippen LogP contribution in [-0.4, -0.2) is 40.4 Å². The highest BCUT2D eigenvalue weighted by molar-refractivity contribution is 6.16. The molecular weight excluding hydrogens is 515 g/mol. The predicted octanol–water partition coefficient (Wildman–Crippen LogP) is 3.32. The molecule has 208 valence electrons. The monoisotopic (exact) mass is 546 g/mol. The molecule has 2 heterocycles. The molecule has 9 nitrogen and oxygen atoms in total. The zero-order chi connectivity index (χ0) is 28.4. The minimum Gasteiger partial charge on any atom is -0.351 e. The van der Waals surface area contributed by atoms with Gasteiger partial charge in [0, 0.05) is 10.9 Å². The number of aromatic nitrogens is 1. The first-order valence-corrected chi connectivity index (χ1v) is 13.5. The summed E-state index contributed by atoms with van der Waals surface area (Å²) >= 11 is 0. The average molecular weight is 547 g/mol. The third kappa shape index (κ3) is 5.66. The maximum absolute atomic E-state index is 13.6. The van der Waals surface area contributed by atoms with Crippen molar-refractivity contribution in [3.8, 4) is 0 Å². The molecule has 3 aromatic rings. The van der Waals surface area contributed by atoms with Crippen molar-refractivity contribution in [2.75, 3.05) is 0 Å². The second-order valence-corrected chi connectivity index (χ2v) is 10.7. The Labute approximate surface area is 230 Å². The Bertz CT molecular complexity index is 1460. The van der Waals surface area contributed by atoms with Crippen LogP contribution in [0.1, 0.15) is 61.1 Å². The van der Waals surface area contributed by atoms with E-state index < -0.39 is 59.1 Å². The second kappa shape index (κ2) is 11.4. The molecule has 0 radical (unpaired) electrons. The molecule has 4 atom stereocenters. The molecule has 4 amide bonds. The lowest BCUT2D eigenvalue weighted by atomic mass is 9.83. The Morgan fingerprint density at radius 2 is 1.70 bits per heavy atom. The van der Waals surface area contributed by atoms with Crippen molar-refractivity contribution in [2.24, 2.45) is 17.8 Å². The molecule has 1 aromatic heterocycles. The summed E-state index contributed by atoms with van der Waals surface area (Å²) in [5.74, 6) is -5.02. The fourth-order valence-electron chi connectivity index (χ4n) is 5.79. The molecule has 10 heteroatoms. The molecule has 2 aromatic carbocycles. The predicted molar refractivity (Wildman–Crippen MR) is 144 cm³/mol. The highest BCUT2D eigenvalue weighted by Gasteiger charge is 2.47. The van der Waals surface area contributed by atoms with E-state index in [0.29, 0.717) is 16.5 Å². The van der Waals surface area contributed by atoms with Gasteiger partial charge in [-0.05, 0) is 48.6 Å². The SMILES string of the molecule is C[C@@H]1C(=O)NC(=O)[C@H]1C(=O)[C@@H](NC(=O)C[C@H](NC(=O)c1cc2cc(F)ccc2[nH]1)c1ccccc1)C1CCCC1. The first kappa shape index (κ1) is 27.2. The molecule has 0 bridgehead atoms. The largest absolute Gasteiger partial charge is 0.351 e. The Hall–Kier alpha value is -4.34. The van der Waals surface area contributed by atoms with Crippen molar-refractivity contribution >= 4 is 40.3 Å². The summed E-state index contributed by atoms with van der Waals surface area (Å²) in [4.78, 5) is 67.5. The van der Waals surface area contributed by atoms with Crippen LogP contribution in [0.2, 0.25) is 0 Å². The number of nitrogens with one attached hydrogen (secondary N) is 4.